The van der Waals surface area contributed by atoms with E-state index in [-0.39, 0.29) is 11.2 Å². The van der Waals surface area contributed by atoms with Gasteiger partial charge in [-0.25, -0.2) is 0 Å². The van der Waals surface area contributed by atoms with Gasteiger partial charge in [-0.2, -0.15) is 0 Å². The Morgan fingerprint density at radius 1 is 1.14 bits per heavy atom. The fourth-order valence-corrected chi connectivity index (χ4v) is 6.98. The molecule has 0 spiro atoms. The summed E-state index contributed by atoms with van der Waals surface area (Å²) >= 11 is 0. The summed E-state index contributed by atoms with van der Waals surface area (Å²) in [5.41, 5.74) is 2.19. The van der Waals surface area contributed by atoms with Gasteiger partial charge in [-0.3, -0.25) is 4.79 Å². The average Bonchev–Trinajstić information content (AvgIpc) is 2.84. The smallest absolute Gasteiger partial charge is 0.178 e. The summed E-state index contributed by atoms with van der Waals surface area (Å²) in [6, 6.07) is 0. The zero-order valence-electron chi connectivity index (χ0n) is 14.4. The lowest BCUT2D eigenvalue weighted by Crippen LogP contribution is -2.49. The third-order valence-corrected chi connectivity index (χ3v) is 8.25. The third-order valence-electron chi connectivity index (χ3n) is 8.25. The molecule has 0 amide bonds. The van der Waals surface area contributed by atoms with Crippen molar-refractivity contribution in [2.24, 2.45) is 34.5 Å². The summed E-state index contributed by atoms with van der Waals surface area (Å²) in [5, 5.41) is 0. The Morgan fingerprint density at radius 2 is 1.95 bits per heavy atom. The van der Waals surface area contributed by atoms with Gasteiger partial charge >= 0.3 is 0 Å². The molecule has 0 aromatic carbocycles. The first-order valence-corrected chi connectivity index (χ1v) is 9.43. The van der Waals surface area contributed by atoms with Gasteiger partial charge in [0.2, 0.25) is 0 Å². The molecule has 0 unspecified atom stereocenters. The third kappa shape index (κ3) is 1.80. The number of allylic oxidation sites excluding steroid dienone is 4. The maximum atomic E-state index is 11.8. The largest absolute Gasteiger partial charge is 0.290 e. The summed E-state index contributed by atoms with van der Waals surface area (Å²) in [4.78, 5) is 11.8. The van der Waals surface area contributed by atoms with Gasteiger partial charge in [0.1, 0.15) is 0 Å². The fourth-order valence-electron chi connectivity index (χ4n) is 6.98. The van der Waals surface area contributed by atoms with E-state index in [1.807, 2.05) is 12.2 Å². The van der Waals surface area contributed by atoms with Gasteiger partial charge in [0.15, 0.2) is 5.78 Å². The number of hydrogen-bond donors (Lipinski definition) is 0. The van der Waals surface area contributed by atoms with Crippen molar-refractivity contribution < 1.29 is 4.79 Å². The van der Waals surface area contributed by atoms with Crippen LogP contribution in [-0.2, 0) is 4.79 Å². The van der Waals surface area contributed by atoms with E-state index in [1.165, 1.54) is 44.1 Å². The second-order valence-corrected chi connectivity index (χ2v) is 8.83. The van der Waals surface area contributed by atoms with Crippen molar-refractivity contribution in [3.63, 3.8) is 0 Å². The maximum absolute atomic E-state index is 11.8. The Hall–Kier alpha value is -0.850. The summed E-state index contributed by atoms with van der Waals surface area (Å²) < 4.78 is 0. The molecule has 4 aliphatic rings. The lowest BCUT2D eigenvalue weighted by molar-refractivity contribution is -0.111. The highest BCUT2D eigenvalue weighted by molar-refractivity contribution is 6.01. The van der Waals surface area contributed by atoms with Crippen LogP contribution in [0.2, 0.25) is 0 Å². The molecule has 1 nitrogen and oxygen atoms in total. The molecule has 0 aromatic rings. The molecule has 0 heterocycles. The van der Waals surface area contributed by atoms with Gasteiger partial charge in [0, 0.05) is 5.41 Å². The monoisotopic (exact) mass is 298 g/mol. The highest BCUT2D eigenvalue weighted by atomic mass is 16.1. The van der Waals surface area contributed by atoms with Gasteiger partial charge in [-0.05, 0) is 79.8 Å². The van der Waals surface area contributed by atoms with E-state index in [0.717, 1.165) is 30.1 Å². The average molecular weight is 298 g/mol. The molecular formula is C21H30O. The van der Waals surface area contributed by atoms with Crippen LogP contribution in [0.1, 0.15) is 65.7 Å². The molecule has 3 fully saturated rings. The Balaban J connectivity index is 1.68. The quantitative estimate of drug-likeness (QED) is 0.640. The number of ketones is 1. The first kappa shape index (κ1) is 14.7. The maximum Gasteiger partial charge on any atom is 0.178 e. The molecule has 0 N–H and O–H groups in total. The number of carbonyl (C=O) groups is 1. The summed E-state index contributed by atoms with van der Waals surface area (Å²) in [6.07, 6.45) is 15.6. The van der Waals surface area contributed by atoms with Gasteiger partial charge in [-0.15, -0.1) is 0 Å². The normalized spacial score (nSPS) is 50.1. The van der Waals surface area contributed by atoms with E-state index in [0.29, 0.717) is 5.41 Å². The van der Waals surface area contributed by atoms with Crippen LogP contribution in [0, 0.1) is 34.5 Å². The van der Waals surface area contributed by atoms with E-state index in [4.69, 9.17) is 0 Å². The second-order valence-electron chi connectivity index (χ2n) is 8.83. The van der Waals surface area contributed by atoms with Crippen molar-refractivity contribution in [3.8, 4) is 0 Å². The van der Waals surface area contributed by atoms with Gasteiger partial charge in [0.05, 0.1) is 0 Å². The van der Waals surface area contributed by atoms with Crippen LogP contribution in [0.15, 0.2) is 23.8 Å². The topological polar surface area (TPSA) is 17.1 Å². The van der Waals surface area contributed by atoms with Crippen LogP contribution >= 0.6 is 0 Å². The molecular weight excluding hydrogens is 268 g/mol. The molecule has 0 bridgehead atoms. The minimum Gasteiger partial charge on any atom is -0.290 e. The highest BCUT2D eigenvalue weighted by Gasteiger charge is 2.57. The Labute approximate surface area is 135 Å². The van der Waals surface area contributed by atoms with Crippen molar-refractivity contribution in [3.05, 3.63) is 23.8 Å². The minimum absolute atomic E-state index is 0.169. The van der Waals surface area contributed by atoms with E-state index in [1.54, 1.807) is 0 Å². The molecule has 4 aliphatic carbocycles. The molecule has 0 aromatic heterocycles. The number of carbonyl (C=O) groups excluding carboxylic acids is 1. The van der Waals surface area contributed by atoms with E-state index in [9.17, 15) is 4.79 Å². The standard InChI is InChI=1S/C21H30O/c1-4-14-6-8-18-17-7-5-15-13-16(22)9-11-21(15,3)19(17)10-12-20(14,18)2/h9,11,13-14,17-19H,4-8,10,12H2,1-3H3/t14-,17-,18-,19-,20+,21-/m0/s1. The summed E-state index contributed by atoms with van der Waals surface area (Å²) in [5.74, 6) is 3.74. The summed E-state index contributed by atoms with van der Waals surface area (Å²) in [6.45, 7) is 7.40. The van der Waals surface area contributed by atoms with Gasteiger partial charge < -0.3 is 0 Å². The summed E-state index contributed by atoms with van der Waals surface area (Å²) in [7, 11) is 0. The zero-order valence-corrected chi connectivity index (χ0v) is 14.4. The highest BCUT2D eigenvalue weighted by Crippen LogP contribution is 2.66. The Morgan fingerprint density at radius 3 is 2.73 bits per heavy atom. The van der Waals surface area contributed by atoms with Crippen LogP contribution in [-0.4, -0.2) is 5.78 Å². The molecule has 0 aliphatic heterocycles. The van der Waals surface area contributed by atoms with E-state index in [2.05, 4.69) is 26.8 Å². The van der Waals surface area contributed by atoms with Crippen molar-refractivity contribution in [1.29, 1.82) is 0 Å². The number of rotatable bonds is 1. The minimum atomic E-state index is 0.169. The first-order chi connectivity index (χ1) is 10.5. The van der Waals surface area contributed by atoms with Gasteiger partial charge in [-0.1, -0.05) is 38.8 Å². The van der Waals surface area contributed by atoms with Crippen LogP contribution in [0.3, 0.4) is 0 Å². The lowest BCUT2D eigenvalue weighted by atomic mass is 9.47. The van der Waals surface area contributed by atoms with E-state index >= 15 is 0 Å². The zero-order chi connectivity index (χ0) is 15.5. The van der Waals surface area contributed by atoms with Crippen LogP contribution in [0.5, 0.6) is 0 Å². The Bertz CT molecular complexity index is 556. The molecule has 120 valence electrons. The molecule has 0 radical (unpaired) electrons. The molecule has 6 atom stereocenters. The van der Waals surface area contributed by atoms with Crippen molar-refractivity contribution in [2.45, 2.75) is 65.7 Å². The number of hydrogen-bond acceptors (Lipinski definition) is 1. The Kier molecular flexibility index (Phi) is 3.23. The predicted octanol–water partition coefficient (Wildman–Crippen LogP) is 5.32. The molecule has 22 heavy (non-hydrogen) atoms. The fraction of sp³-hybridized carbons (Fsp3) is 0.762. The SMILES string of the molecule is CC[C@H]1CC[C@H]2[C@@H]3CCC4=CC(=O)C=C[C@]4(C)[C@H]3CC[C@]12C. The molecule has 0 saturated heterocycles. The first-order valence-electron chi connectivity index (χ1n) is 9.43. The lowest BCUT2D eigenvalue weighted by Gasteiger charge is -2.57. The number of fused-ring (bicyclic) bond motifs is 5. The van der Waals surface area contributed by atoms with Crippen molar-refractivity contribution >= 4 is 5.78 Å². The van der Waals surface area contributed by atoms with Crippen LogP contribution in [0.4, 0.5) is 0 Å². The molecule has 1 heteroatoms. The molecule has 3 saturated carbocycles. The van der Waals surface area contributed by atoms with Crippen LogP contribution in [0.25, 0.3) is 0 Å². The van der Waals surface area contributed by atoms with Gasteiger partial charge in [0.25, 0.3) is 0 Å². The second kappa shape index (κ2) is 4.82. The van der Waals surface area contributed by atoms with Crippen molar-refractivity contribution in [1.82, 2.24) is 0 Å². The van der Waals surface area contributed by atoms with E-state index < -0.39 is 0 Å². The molecule has 4 rings (SSSR count). The van der Waals surface area contributed by atoms with Crippen molar-refractivity contribution in [2.75, 3.05) is 0 Å². The predicted molar refractivity (Wildman–Crippen MR) is 90.4 cm³/mol. The van der Waals surface area contributed by atoms with Crippen LogP contribution < -0.4 is 0 Å².